The molecule has 3 aromatic rings. The molecule has 0 amide bonds. The van der Waals surface area contributed by atoms with Gasteiger partial charge in [-0.25, -0.2) is 9.48 Å². The molecular formula is C18H17Cl2N3O3S. The smallest absolute Gasteiger partial charge is 0.372 e. The Hall–Kier alpha value is -1.96. The van der Waals surface area contributed by atoms with Gasteiger partial charge < -0.3 is 4.74 Å². The first-order valence-electron chi connectivity index (χ1n) is 8.13. The average Bonchev–Trinajstić information content (AvgIpc) is 2.84. The molecule has 2 heterocycles. The molecular weight excluding hydrogens is 409 g/mol. The van der Waals surface area contributed by atoms with Crippen molar-refractivity contribution in [3.8, 4) is 5.69 Å². The molecule has 3 rings (SSSR count). The monoisotopic (exact) mass is 425 g/mol. The molecule has 0 bridgehead atoms. The van der Waals surface area contributed by atoms with E-state index < -0.39 is 10.9 Å². The number of rotatable bonds is 3. The van der Waals surface area contributed by atoms with Gasteiger partial charge in [-0.05, 0) is 38.6 Å². The van der Waals surface area contributed by atoms with Crippen LogP contribution in [0.3, 0.4) is 0 Å². The van der Waals surface area contributed by atoms with Gasteiger partial charge in [-0.2, -0.15) is 5.10 Å². The lowest BCUT2D eigenvalue weighted by molar-refractivity contribution is 0.142. The van der Waals surface area contributed by atoms with Gasteiger partial charge in [0.05, 0.1) is 27.2 Å². The zero-order valence-corrected chi connectivity index (χ0v) is 17.4. The summed E-state index contributed by atoms with van der Waals surface area (Å²) in [4.78, 5) is 25.6. The largest absolute Gasteiger partial charge is 0.455 e. The number of fused-ring (bicyclic) bond motifs is 1. The van der Waals surface area contributed by atoms with Crippen LogP contribution in [-0.2, 0) is 11.8 Å². The van der Waals surface area contributed by atoms with Crippen molar-refractivity contribution in [2.75, 3.05) is 0 Å². The molecule has 0 fully saturated rings. The second kappa shape index (κ2) is 7.58. The van der Waals surface area contributed by atoms with Gasteiger partial charge >= 0.3 is 5.30 Å². The summed E-state index contributed by atoms with van der Waals surface area (Å²) in [6.45, 7) is 5.23. The molecule has 0 atom stereocenters. The van der Waals surface area contributed by atoms with E-state index in [1.807, 2.05) is 24.3 Å². The molecule has 142 valence electrons. The van der Waals surface area contributed by atoms with Gasteiger partial charge in [-0.15, -0.1) is 0 Å². The Bertz CT molecular complexity index is 1110. The first kappa shape index (κ1) is 19.8. The second-order valence-corrected chi connectivity index (χ2v) is 7.85. The molecule has 0 aliphatic rings. The summed E-state index contributed by atoms with van der Waals surface area (Å²) in [7, 11) is 1.54. The third kappa shape index (κ3) is 3.59. The van der Waals surface area contributed by atoms with Crippen LogP contribution in [0.2, 0.25) is 10.2 Å². The maximum absolute atomic E-state index is 13.0. The summed E-state index contributed by atoms with van der Waals surface area (Å²) >= 11 is 13.7. The van der Waals surface area contributed by atoms with Crippen molar-refractivity contribution in [3.63, 3.8) is 0 Å². The summed E-state index contributed by atoms with van der Waals surface area (Å²) in [5.74, 6) is 0. The van der Waals surface area contributed by atoms with Crippen molar-refractivity contribution in [1.29, 1.82) is 0 Å². The van der Waals surface area contributed by atoms with E-state index in [2.05, 4.69) is 5.10 Å². The number of aromatic nitrogens is 3. The van der Waals surface area contributed by atoms with Crippen LogP contribution in [0.15, 0.2) is 34.0 Å². The van der Waals surface area contributed by atoms with E-state index in [4.69, 9.17) is 27.9 Å². The summed E-state index contributed by atoms with van der Waals surface area (Å²) in [6, 6.07) is 7.28. The highest BCUT2D eigenvalue weighted by molar-refractivity contribution is 8.13. The highest BCUT2D eigenvalue weighted by Gasteiger charge is 2.25. The molecule has 0 saturated carbocycles. The molecule has 2 aromatic heterocycles. The maximum Gasteiger partial charge on any atom is 0.372 e. The van der Waals surface area contributed by atoms with E-state index in [1.165, 1.54) is 4.68 Å². The van der Waals surface area contributed by atoms with Crippen LogP contribution in [0.1, 0.15) is 19.5 Å². The van der Waals surface area contributed by atoms with E-state index in [0.717, 1.165) is 11.8 Å². The second-order valence-electron chi connectivity index (χ2n) is 6.17. The predicted molar refractivity (Wildman–Crippen MR) is 109 cm³/mol. The lowest BCUT2D eigenvalue weighted by Crippen LogP contribution is -2.27. The van der Waals surface area contributed by atoms with E-state index in [-0.39, 0.29) is 16.9 Å². The van der Waals surface area contributed by atoms with Crippen LogP contribution in [0.5, 0.6) is 0 Å². The zero-order chi connectivity index (χ0) is 19.9. The predicted octanol–water partition coefficient (Wildman–Crippen LogP) is 4.98. The lowest BCUT2D eigenvalue weighted by atomic mass is 10.2. The van der Waals surface area contributed by atoms with Crippen molar-refractivity contribution in [3.05, 3.63) is 50.5 Å². The number of hydrogen-bond acceptors (Lipinski definition) is 5. The van der Waals surface area contributed by atoms with Gasteiger partial charge in [-0.3, -0.25) is 9.36 Å². The quantitative estimate of drug-likeness (QED) is 0.437. The number of thioether (sulfide) groups is 1. The Morgan fingerprint density at radius 1 is 1.26 bits per heavy atom. The Kier molecular flexibility index (Phi) is 5.55. The van der Waals surface area contributed by atoms with Crippen LogP contribution in [-0.4, -0.2) is 25.8 Å². The van der Waals surface area contributed by atoms with Crippen molar-refractivity contribution >= 4 is 51.2 Å². The fraction of sp³-hybridized carbons (Fsp3) is 0.278. The van der Waals surface area contributed by atoms with Crippen molar-refractivity contribution in [1.82, 2.24) is 14.3 Å². The Balaban J connectivity index is 2.32. The van der Waals surface area contributed by atoms with Gasteiger partial charge in [0.2, 0.25) is 0 Å². The third-order valence-electron chi connectivity index (χ3n) is 3.84. The number of aryl methyl sites for hydroxylation is 2. The SMILES string of the molecule is Cc1nn(C)c(=O)c(-n2c(Cl)c(Cl)c3ccccc32)c1SC(=O)OC(C)C. The molecule has 0 aliphatic carbocycles. The minimum atomic E-state index is -0.525. The van der Waals surface area contributed by atoms with Crippen LogP contribution < -0.4 is 5.56 Å². The number of hydrogen-bond donors (Lipinski definition) is 0. The Morgan fingerprint density at radius 3 is 2.59 bits per heavy atom. The minimum Gasteiger partial charge on any atom is -0.455 e. The van der Waals surface area contributed by atoms with E-state index in [0.29, 0.717) is 26.5 Å². The number of nitrogens with zero attached hydrogens (tertiary/aromatic N) is 3. The molecule has 0 saturated heterocycles. The number of ether oxygens (including phenoxy) is 1. The molecule has 1 aromatic carbocycles. The minimum absolute atomic E-state index is 0.194. The summed E-state index contributed by atoms with van der Waals surface area (Å²) in [5, 5.41) is 4.91. The number of para-hydroxylation sites is 1. The summed E-state index contributed by atoms with van der Waals surface area (Å²) in [6.07, 6.45) is -0.279. The molecule has 27 heavy (non-hydrogen) atoms. The molecule has 9 heteroatoms. The fourth-order valence-electron chi connectivity index (χ4n) is 2.74. The van der Waals surface area contributed by atoms with Gasteiger partial charge in [-0.1, -0.05) is 41.4 Å². The standard InChI is InChI=1S/C18H17Cl2N3O3S/c1-9(2)26-18(25)27-15-10(3)21-22(4)17(24)14(15)23-12-8-6-5-7-11(12)13(19)16(23)20/h5-9H,1-4H3. The summed E-state index contributed by atoms with van der Waals surface area (Å²) in [5.41, 5.74) is 0.973. The van der Waals surface area contributed by atoms with Gasteiger partial charge in [0.15, 0.2) is 0 Å². The third-order valence-corrected chi connectivity index (χ3v) is 5.63. The van der Waals surface area contributed by atoms with Gasteiger partial charge in [0.1, 0.15) is 10.8 Å². The Labute approximate surface area is 170 Å². The van der Waals surface area contributed by atoms with Crippen molar-refractivity contribution in [2.45, 2.75) is 31.8 Å². The molecule has 0 spiro atoms. The first-order valence-corrected chi connectivity index (χ1v) is 9.70. The number of carbonyl (C=O) groups is 1. The van der Waals surface area contributed by atoms with Crippen LogP contribution >= 0.6 is 35.0 Å². The van der Waals surface area contributed by atoms with Crippen LogP contribution in [0.4, 0.5) is 4.79 Å². The van der Waals surface area contributed by atoms with E-state index >= 15 is 0 Å². The van der Waals surface area contributed by atoms with Gasteiger partial charge in [0, 0.05) is 12.4 Å². The van der Waals surface area contributed by atoms with E-state index in [9.17, 15) is 9.59 Å². The van der Waals surface area contributed by atoms with E-state index in [1.54, 1.807) is 32.4 Å². The van der Waals surface area contributed by atoms with Crippen molar-refractivity contribution < 1.29 is 9.53 Å². The van der Waals surface area contributed by atoms with Crippen molar-refractivity contribution in [2.24, 2.45) is 7.05 Å². The Morgan fingerprint density at radius 2 is 1.93 bits per heavy atom. The molecule has 0 N–H and O–H groups in total. The number of benzene rings is 1. The average molecular weight is 426 g/mol. The molecule has 6 nitrogen and oxygen atoms in total. The summed E-state index contributed by atoms with van der Waals surface area (Å²) < 4.78 is 7.98. The fourth-order valence-corrected chi connectivity index (χ4v) is 4.14. The van der Waals surface area contributed by atoms with Crippen LogP contribution in [0.25, 0.3) is 16.6 Å². The first-order chi connectivity index (χ1) is 12.7. The molecule has 0 unspecified atom stereocenters. The maximum atomic E-state index is 13.0. The molecule has 0 radical (unpaired) electrons. The normalized spacial score (nSPS) is 11.4. The van der Waals surface area contributed by atoms with Gasteiger partial charge in [0.25, 0.3) is 5.56 Å². The highest BCUT2D eigenvalue weighted by atomic mass is 35.5. The zero-order valence-electron chi connectivity index (χ0n) is 15.1. The number of halogens is 2. The number of carbonyl (C=O) groups excluding carboxylic acids is 1. The van der Waals surface area contributed by atoms with Crippen LogP contribution in [0, 0.1) is 6.92 Å². The lowest BCUT2D eigenvalue weighted by Gasteiger charge is -2.15. The highest BCUT2D eigenvalue weighted by Crippen LogP contribution is 2.38. The molecule has 0 aliphatic heterocycles. The topological polar surface area (TPSA) is 66.1 Å².